The molecule has 1 saturated heterocycles. The fourth-order valence-electron chi connectivity index (χ4n) is 3.90. The molecule has 20 heavy (non-hydrogen) atoms. The lowest BCUT2D eigenvalue weighted by Gasteiger charge is -2.40. The van der Waals surface area contributed by atoms with Crippen LogP contribution in [0.5, 0.6) is 0 Å². The minimum Gasteiger partial charge on any atom is -0.312 e. The van der Waals surface area contributed by atoms with Crippen molar-refractivity contribution in [1.29, 1.82) is 0 Å². The molecule has 1 N–H and O–H groups in total. The maximum atomic E-state index is 3.55. The van der Waals surface area contributed by atoms with Crippen molar-refractivity contribution in [3.05, 3.63) is 35.4 Å². The van der Waals surface area contributed by atoms with Gasteiger partial charge in [-0.05, 0) is 37.6 Å². The van der Waals surface area contributed by atoms with Crippen LogP contribution in [-0.4, -0.2) is 55.6 Å². The number of fused-ring (bicyclic) bond motifs is 1. The predicted octanol–water partition coefficient (Wildman–Crippen LogP) is 1.90. The van der Waals surface area contributed by atoms with Crippen molar-refractivity contribution in [1.82, 2.24) is 15.1 Å². The summed E-state index contributed by atoms with van der Waals surface area (Å²) >= 11 is 0. The molecule has 1 heterocycles. The maximum absolute atomic E-state index is 3.55. The van der Waals surface area contributed by atoms with Crippen LogP contribution in [0.15, 0.2) is 24.3 Å². The maximum Gasteiger partial charge on any atom is 0.0481 e. The smallest absolute Gasteiger partial charge is 0.0481 e. The lowest BCUT2D eigenvalue weighted by molar-refractivity contribution is 0.0848. The molecule has 2 atom stereocenters. The third kappa shape index (κ3) is 2.62. The van der Waals surface area contributed by atoms with Gasteiger partial charge in [-0.3, -0.25) is 4.90 Å². The Morgan fingerprint density at radius 3 is 2.60 bits per heavy atom. The van der Waals surface area contributed by atoms with Crippen molar-refractivity contribution < 1.29 is 0 Å². The minimum absolute atomic E-state index is 0.504. The van der Waals surface area contributed by atoms with Gasteiger partial charge in [0.2, 0.25) is 0 Å². The molecule has 0 bridgehead atoms. The van der Waals surface area contributed by atoms with Gasteiger partial charge in [0.15, 0.2) is 0 Å². The molecule has 1 fully saturated rings. The summed E-state index contributed by atoms with van der Waals surface area (Å²) in [6.07, 6.45) is 2.48. The number of nitrogens with zero attached hydrogens (tertiary/aromatic N) is 2. The molecule has 1 aromatic carbocycles. The SMILES string of the molecule is CCCN1CCN(C2Cc3ccccc3C2NC)CC1. The second-order valence-corrected chi connectivity index (χ2v) is 6.11. The Labute approximate surface area is 123 Å². The highest BCUT2D eigenvalue weighted by Gasteiger charge is 2.36. The van der Waals surface area contributed by atoms with Crippen LogP contribution in [0, 0.1) is 0 Å². The Kier molecular flexibility index (Phi) is 4.39. The number of benzene rings is 1. The fourth-order valence-corrected chi connectivity index (χ4v) is 3.90. The summed E-state index contributed by atoms with van der Waals surface area (Å²) in [6.45, 7) is 8.44. The quantitative estimate of drug-likeness (QED) is 0.904. The van der Waals surface area contributed by atoms with E-state index in [0.717, 1.165) is 0 Å². The Morgan fingerprint density at radius 1 is 1.15 bits per heavy atom. The summed E-state index contributed by atoms with van der Waals surface area (Å²) in [4.78, 5) is 5.31. The van der Waals surface area contributed by atoms with Gasteiger partial charge in [0.25, 0.3) is 0 Å². The summed E-state index contributed by atoms with van der Waals surface area (Å²) in [7, 11) is 2.10. The van der Waals surface area contributed by atoms with E-state index in [2.05, 4.69) is 53.4 Å². The molecule has 2 aliphatic rings. The van der Waals surface area contributed by atoms with Crippen molar-refractivity contribution in [3.8, 4) is 0 Å². The zero-order valence-corrected chi connectivity index (χ0v) is 12.8. The summed E-state index contributed by atoms with van der Waals surface area (Å²) in [5, 5.41) is 3.55. The van der Waals surface area contributed by atoms with Crippen LogP contribution in [-0.2, 0) is 6.42 Å². The predicted molar refractivity (Wildman–Crippen MR) is 84.0 cm³/mol. The van der Waals surface area contributed by atoms with Gasteiger partial charge >= 0.3 is 0 Å². The number of nitrogens with one attached hydrogen (secondary N) is 1. The van der Waals surface area contributed by atoms with Crippen LogP contribution in [0.4, 0.5) is 0 Å². The van der Waals surface area contributed by atoms with Crippen molar-refractivity contribution >= 4 is 0 Å². The first kappa shape index (κ1) is 14.1. The van der Waals surface area contributed by atoms with Crippen LogP contribution in [0.2, 0.25) is 0 Å². The lowest BCUT2D eigenvalue weighted by Crippen LogP contribution is -2.52. The first-order valence-corrected chi connectivity index (χ1v) is 8.05. The Morgan fingerprint density at radius 2 is 1.90 bits per heavy atom. The number of hydrogen-bond acceptors (Lipinski definition) is 3. The Bertz CT molecular complexity index is 438. The van der Waals surface area contributed by atoms with Gasteiger partial charge in [0.1, 0.15) is 0 Å². The zero-order chi connectivity index (χ0) is 13.9. The van der Waals surface area contributed by atoms with Crippen molar-refractivity contribution in [2.45, 2.75) is 31.8 Å². The van der Waals surface area contributed by atoms with Gasteiger partial charge < -0.3 is 10.2 Å². The van der Waals surface area contributed by atoms with Gasteiger partial charge in [-0.1, -0.05) is 31.2 Å². The van der Waals surface area contributed by atoms with Crippen molar-refractivity contribution in [2.24, 2.45) is 0 Å². The van der Waals surface area contributed by atoms with Crippen molar-refractivity contribution in [3.63, 3.8) is 0 Å². The van der Waals surface area contributed by atoms with Crippen LogP contribution in [0.3, 0.4) is 0 Å². The number of likely N-dealkylation sites (N-methyl/N-ethyl adjacent to an activating group) is 1. The molecule has 110 valence electrons. The standard InChI is InChI=1S/C17H27N3/c1-3-8-19-9-11-20(12-10-19)16-13-14-6-4-5-7-15(14)17(16)18-2/h4-7,16-18H,3,8-13H2,1-2H3. The third-order valence-corrected chi connectivity index (χ3v) is 4.93. The monoisotopic (exact) mass is 273 g/mol. The van der Waals surface area contributed by atoms with Crippen LogP contribution in [0.1, 0.15) is 30.5 Å². The van der Waals surface area contributed by atoms with E-state index in [4.69, 9.17) is 0 Å². The van der Waals surface area contributed by atoms with E-state index in [1.165, 1.54) is 56.7 Å². The summed E-state index contributed by atoms with van der Waals surface area (Å²) < 4.78 is 0. The first-order chi connectivity index (χ1) is 9.83. The molecule has 1 aliphatic carbocycles. The molecule has 1 aromatic rings. The Hall–Kier alpha value is -0.900. The van der Waals surface area contributed by atoms with E-state index in [1.807, 2.05) is 0 Å². The second-order valence-electron chi connectivity index (χ2n) is 6.11. The molecular weight excluding hydrogens is 246 g/mol. The van der Waals surface area contributed by atoms with E-state index in [-0.39, 0.29) is 0 Å². The van der Waals surface area contributed by atoms with Gasteiger partial charge in [0, 0.05) is 38.3 Å². The molecule has 3 heteroatoms. The number of piperazine rings is 1. The van der Waals surface area contributed by atoms with Gasteiger partial charge in [-0.25, -0.2) is 0 Å². The molecule has 3 nitrogen and oxygen atoms in total. The van der Waals surface area contributed by atoms with Crippen LogP contribution in [0.25, 0.3) is 0 Å². The molecule has 0 saturated carbocycles. The molecule has 3 rings (SSSR count). The van der Waals surface area contributed by atoms with Gasteiger partial charge in [-0.15, -0.1) is 0 Å². The number of rotatable bonds is 4. The highest BCUT2D eigenvalue weighted by Crippen LogP contribution is 2.34. The molecule has 2 unspecified atom stereocenters. The van der Waals surface area contributed by atoms with E-state index in [1.54, 1.807) is 0 Å². The van der Waals surface area contributed by atoms with Crippen LogP contribution >= 0.6 is 0 Å². The average molecular weight is 273 g/mol. The molecular formula is C17H27N3. The third-order valence-electron chi connectivity index (χ3n) is 4.93. The lowest BCUT2D eigenvalue weighted by atomic mass is 10.1. The largest absolute Gasteiger partial charge is 0.312 e. The first-order valence-electron chi connectivity index (χ1n) is 8.05. The number of hydrogen-bond donors (Lipinski definition) is 1. The van der Waals surface area contributed by atoms with Crippen LogP contribution < -0.4 is 5.32 Å². The second kappa shape index (κ2) is 6.25. The fraction of sp³-hybridized carbons (Fsp3) is 0.647. The summed E-state index contributed by atoms with van der Waals surface area (Å²) in [5.41, 5.74) is 3.05. The summed E-state index contributed by atoms with van der Waals surface area (Å²) in [6, 6.07) is 10.1. The highest BCUT2D eigenvalue weighted by molar-refractivity contribution is 5.37. The molecule has 0 spiro atoms. The van der Waals surface area contributed by atoms with Gasteiger partial charge in [-0.2, -0.15) is 0 Å². The van der Waals surface area contributed by atoms with E-state index < -0.39 is 0 Å². The van der Waals surface area contributed by atoms with Crippen molar-refractivity contribution in [2.75, 3.05) is 39.8 Å². The normalized spacial score (nSPS) is 27.7. The Balaban J connectivity index is 1.67. The highest BCUT2D eigenvalue weighted by atomic mass is 15.3. The summed E-state index contributed by atoms with van der Waals surface area (Å²) in [5.74, 6) is 0. The average Bonchev–Trinajstić information content (AvgIpc) is 2.87. The molecule has 0 amide bonds. The zero-order valence-electron chi connectivity index (χ0n) is 12.8. The molecule has 0 aromatic heterocycles. The molecule has 0 radical (unpaired) electrons. The minimum atomic E-state index is 0.504. The van der Waals surface area contributed by atoms with E-state index in [9.17, 15) is 0 Å². The van der Waals surface area contributed by atoms with E-state index in [0.29, 0.717) is 12.1 Å². The molecule has 1 aliphatic heterocycles. The van der Waals surface area contributed by atoms with E-state index >= 15 is 0 Å². The topological polar surface area (TPSA) is 18.5 Å². The van der Waals surface area contributed by atoms with Gasteiger partial charge in [0.05, 0.1) is 0 Å².